The van der Waals surface area contributed by atoms with Crippen molar-refractivity contribution in [2.24, 2.45) is 16.8 Å². The fourth-order valence-electron chi connectivity index (χ4n) is 4.49. The maximum atomic E-state index is 15.2. The Kier molecular flexibility index (Phi) is 5.98. The number of oxime groups is 1. The lowest BCUT2D eigenvalue weighted by atomic mass is 10.1. The number of halogens is 2. The summed E-state index contributed by atoms with van der Waals surface area (Å²) < 4.78 is 30.6. The second-order valence-electron chi connectivity index (χ2n) is 8.88. The van der Waals surface area contributed by atoms with E-state index in [0.29, 0.717) is 12.3 Å². The Morgan fingerprint density at radius 1 is 1.26 bits per heavy atom. The number of rotatable bonds is 7. The van der Waals surface area contributed by atoms with Crippen LogP contribution in [0.15, 0.2) is 58.6 Å². The van der Waals surface area contributed by atoms with Crippen molar-refractivity contribution in [1.82, 2.24) is 4.57 Å². The highest BCUT2D eigenvalue weighted by Crippen LogP contribution is 2.41. The van der Waals surface area contributed by atoms with E-state index in [1.54, 1.807) is 4.90 Å². The molecular formula is C25H24F2N4O4. The molecular weight excluding hydrogens is 458 g/mol. The molecule has 0 bridgehead atoms. The normalized spacial score (nSPS) is 22.7. The number of carboxylic acid groups (broad SMARTS) is 1. The van der Waals surface area contributed by atoms with Gasteiger partial charge in [-0.2, -0.15) is 0 Å². The van der Waals surface area contributed by atoms with Crippen LogP contribution in [0.4, 0.5) is 14.5 Å². The van der Waals surface area contributed by atoms with Crippen molar-refractivity contribution >= 4 is 28.3 Å². The molecule has 1 aromatic heterocycles. The summed E-state index contributed by atoms with van der Waals surface area (Å²) in [6, 6.07) is 11.5. The fourth-order valence-corrected chi connectivity index (χ4v) is 4.49. The Morgan fingerprint density at radius 3 is 2.66 bits per heavy atom. The van der Waals surface area contributed by atoms with E-state index < -0.39 is 35.0 Å². The highest BCUT2D eigenvalue weighted by molar-refractivity contribution is 5.96. The maximum Gasteiger partial charge on any atom is 0.341 e. The van der Waals surface area contributed by atoms with Gasteiger partial charge in [0.1, 0.15) is 24.2 Å². The summed E-state index contributed by atoms with van der Waals surface area (Å²) in [5, 5.41) is 13.6. The van der Waals surface area contributed by atoms with Gasteiger partial charge >= 0.3 is 5.97 Å². The van der Waals surface area contributed by atoms with Gasteiger partial charge in [-0.05, 0) is 17.7 Å². The minimum Gasteiger partial charge on any atom is -0.477 e. The quantitative estimate of drug-likeness (QED) is 0.501. The van der Waals surface area contributed by atoms with Crippen LogP contribution >= 0.6 is 0 Å². The molecule has 0 radical (unpaired) electrons. The highest BCUT2D eigenvalue weighted by Gasteiger charge is 2.40. The summed E-state index contributed by atoms with van der Waals surface area (Å²) >= 11 is 0. The highest BCUT2D eigenvalue weighted by atomic mass is 19.1. The summed E-state index contributed by atoms with van der Waals surface area (Å²) in [7, 11) is 0. The number of anilines is 1. The van der Waals surface area contributed by atoms with Crippen LogP contribution in [-0.4, -0.2) is 47.2 Å². The first-order valence-corrected chi connectivity index (χ1v) is 11.3. The van der Waals surface area contributed by atoms with Crippen LogP contribution in [0.2, 0.25) is 0 Å². The number of nitrogens with zero attached hydrogens (tertiary/aromatic N) is 3. The van der Waals surface area contributed by atoms with Gasteiger partial charge in [0.25, 0.3) is 0 Å². The molecule has 3 atom stereocenters. The third kappa shape index (κ3) is 4.37. The van der Waals surface area contributed by atoms with Gasteiger partial charge in [0.2, 0.25) is 5.43 Å². The van der Waals surface area contributed by atoms with Crippen LogP contribution in [-0.2, 0) is 11.4 Å². The summed E-state index contributed by atoms with van der Waals surface area (Å²) in [5.74, 6) is -2.28. The molecule has 1 aliphatic carbocycles. The van der Waals surface area contributed by atoms with Gasteiger partial charge in [-0.3, -0.25) is 4.79 Å². The molecule has 2 aromatic carbocycles. The second kappa shape index (κ2) is 9.10. The topological polar surface area (TPSA) is 110 Å². The number of nitrogens with two attached hydrogens (primary N) is 1. The van der Waals surface area contributed by atoms with Gasteiger partial charge in [0.05, 0.1) is 29.5 Å². The first-order valence-electron chi connectivity index (χ1n) is 11.3. The van der Waals surface area contributed by atoms with Crippen LogP contribution in [0, 0.1) is 11.7 Å². The van der Waals surface area contributed by atoms with E-state index in [1.807, 2.05) is 30.3 Å². The van der Waals surface area contributed by atoms with Crippen molar-refractivity contribution in [2.75, 3.05) is 24.5 Å². The van der Waals surface area contributed by atoms with E-state index in [-0.39, 0.29) is 48.6 Å². The molecule has 2 heterocycles. The lowest BCUT2D eigenvalue weighted by molar-refractivity contribution is 0.0694. The van der Waals surface area contributed by atoms with E-state index in [0.717, 1.165) is 17.8 Å². The summed E-state index contributed by atoms with van der Waals surface area (Å²) in [5.41, 5.74) is 6.74. The first kappa shape index (κ1) is 23.0. The smallest absolute Gasteiger partial charge is 0.341 e. The molecule has 1 unspecified atom stereocenters. The van der Waals surface area contributed by atoms with Crippen molar-refractivity contribution in [3.05, 3.63) is 75.8 Å². The van der Waals surface area contributed by atoms with Crippen molar-refractivity contribution < 1.29 is 23.5 Å². The molecule has 0 amide bonds. The number of hydrogen-bond acceptors (Lipinski definition) is 6. The minimum absolute atomic E-state index is 0.0973. The van der Waals surface area contributed by atoms with Crippen LogP contribution in [0.1, 0.15) is 28.4 Å². The number of alkyl halides is 1. The largest absolute Gasteiger partial charge is 0.477 e. The van der Waals surface area contributed by atoms with Gasteiger partial charge in [0, 0.05) is 37.0 Å². The van der Waals surface area contributed by atoms with Crippen molar-refractivity contribution in [1.29, 1.82) is 0 Å². The number of aromatic nitrogens is 1. The van der Waals surface area contributed by atoms with E-state index >= 15 is 4.39 Å². The number of pyridine rings is 1. The molecule has 3 aromatic rings. The molecule has 10 heteroatoms. The predicted molar refractivity (Wildman–Crippen MR) is 127 cm³/mol. The predicted octanol–water partition coefficient (Wildman–Crippen LogP) is 3.09. The van der Waals surface area contributed by atoms with E-state index in [2.05, 4.69) is 5.16 Å². The van der Waals surface area contributed by atoms with Crippen LogP contribution < -0.4 is 16.1 Å². The molecule has 2 aliphatic rings. The number of aromatic carboxylic acids is 1. The molecule has 1 saturated heterocycles. The Bertz CT molecular complexity index is 1380. The van der Waals surface area contributed by atoms with Crippen LogP contribution in [0.3, 0.4) is 0 Å². The molecule has 3 N–H and O–H groups in total. The van der Waals surface area contributed by atoms with Crippen molar-refractivity contribution in [3.63, 3.8) is 0 Å². The number of carbonyl (C=O) groups is 1. The molecule has 0 spiro atoms. The Morgan fingerprint density at radius 2 is 2.00 bits per heavy atom. The first-order chi connectivity index (χ1) is 16.9. The zero-order valence-electron chi connectivity index (χ0n) is 18.7. The maximum absolute atomic E-state index is 15.2. The molecule has 35 heavy (non-hydrogen) atoms. The lowest BCUT2D eigenvalue weighted by Gasteiger charge is -2.20. The lowest BCUT2D eigenvalue weighted by Crippen LogP contribution is -2.24. The van der Waals surface area contributed by atoms with Crippen LogP contribution in [0.25, 0.3) is 10.9 Å². The SMILES string of the molecule is NCC1CN(c2cc3c(cc2F)c(=O)c(C(=O)O)cn3[C@@H]2C[C@@H]2F)C/C1=N/OCc1ccccc1. The molecule has 5 rings (SSSR count). The average Bonchev–Trinajstić information content (AvgIpc) is 3.43. The van der Waals surface area contributed by atoms with E-state index in [4.69, 9.17) is 10.6 Å². The van der Waals surface area contributed by atoms with Gasteiger partial charge < -0.3 is 25.1 Å². The summed E-state index contributed by atoms with van der Waals surface area (Å²) in [4.78, 5) is 31.5. The van der Waals surface area contributed by atoms with Crippen molar-refractivity contribution in [2.45, 2.75) is 25.2 Å². The second-order valence-corrected chi connectivity index (χ2v) is 8.88. The van der Waals surface area contributed by atoms with E-state index in [9.17, 15) is 19.1 Å². The van der Waals surface area contributed by atoms with Gasteiger partial charge in [-0.1, -0.05) is 35.5 Å². The molecule has 1 aliphatic heterocycles. The third-order valence-electron chi connectivity index (χ3n) is 6.52. The molecule has 2 fully saturated rings. The zero-order valence-corrected chi connectivity index (χ0v) is 18.7. The number of hydrogen-bond donors (Lipinski definition) is 2. The molecule has 1 saturated carbocycles. The van der Waals surface area contributed by atoms with Crippen LogP contribution in [0.5, 0.6) is 0 Å². The van der Waals surface area contributed by atoms with Gasteiger partial charge in [-0.25, -0.2) is 13.6 Å². The minimum atomic E-state index is -1.44. The standard InChI is InChI=1S/C25H24F2N4O4/c26-18-6-16-21(31(23-7-19(23)27)11-17(24(16)32)25(33)34)8-22(18)30-10-15(9-28)20(12-30)29-35-13-14-4-2-1-3-5-14/h1-6,8,11,15,19,23H,7,9-10,12-13,28H2,(H,33,34)/b29-20-/t15?,19-,23+/m0/s1. The number of carboxylic acids is 1. The molecule has 8 nitrogen and oxygen atoms in total. The fraction of sp³-hybridized carbons (Fsp3) is 0.320. The summed E-state index contributed by atoms with van der Waals surface area (Å²) in [6.45, 7) is 1.23. The molecule has 182 valence electrons. The van der Waals surface area contributed by atoms with Gasteiger partial charge in [0.15, 0.2) is 0 Å². The Labute approximate surface area is 199 Å². The Balaban J connectivity index is 1.48. The third-order valence-corrected chi connectivity index (χ3v) is 6.52. The zero-order chi connectivity index (χ0) is 24.7. The van der Waals surface area contributed by atoms with Gasteiger partial charge in [-0.15, -0.1) is 0 Å². The van der Waals surface area contributed by atoms with E-state index in [1.165, 1.54) is 10.6 Å². The van der Waals surface area contributed by atoms with Crippen molar-refractivity contribution in [3.8, 4) is 0 Å². The average molecular weight is 482 g/mol. The number of fused-ring (bicyclic) bond motifs is 1. The number of benzene rings is 2. The monoisotopic (exact) mass is 482 g/mol. The summed E-state index contributed by atoms with van der Waals surface area (Å²) in [6.07, 6.45) is 0.207. The Hall–Kier alpha value is -3.79.